The second-order valence-electron chi connectivity index (χ2n) is 4.68. The Kier molecular flexibility index (Phi) is 6.23. The van der Waals surface area contributed by atoms with Gasteiger partial charge in [0.2, 0.25) is 0 Å². The van der Waals surface area contributed by atoms with Crippen molar-refractivity contribution in [2.45, 2.75) is 37.8 Å². The fraction of sp³-hybridized carbons (Fsp3) is 0.462. The Hall–Kier alpha value is -0.650. The third-order valence-corrected chi connectivity index (χ3v) is 3.96. The summed E-state index contributed by atoms with van der Waals surface area (Å²) in [6.07, 6.45) is 3.53. The molecule has 1 fully saturated rings. The monoisotopic (exact) mass is 350 g/mol. The Morgan fingerprint density at radius 2 is 1.95 bits per heavy atom. The van der Waals surface area contributed by atoms with Gasteiger partial charge < -0.3 is 11.1 Å². The molecule has 1 aromatic rings. The molecule has 1 aliphatic rings. The van der Waals surface area contributed by atoms with Crippen LogP contribution in [0.15, 0.2) is 22.7 Å². The third-order valence-electron chi connectivity index (χ3n) is 3.30. The molecule has 0 spiro atoms. The summed E-state index contributed by atoms with van der Waals surface area (Å²) in [6.45, 7) is 0. The van der Waals surface area contributed by atoms with Crippen LogP contribution in [0.1, 0.15) is 36.0 Å². The second-order valence-corrected chi connectivity index (χ2v) is 5.54. The average Bonchev–Trinajstić information content (AvgIpc) is 2.32. The van der Waals surface area contributed by atoms with Gasteiger partial charge >= 0.3 is 0 Å². The molecule has 106 valence electrons. The van der Waals surface area contributed by atoms with Gasteiger partial charge in [0.15, 0.2) is 0 Å². The van der Waals surface area contributed by atoms with Gasteiger partial charge in [-0.3, -0.25) is 4.79 Å². The summed E-state index contributed by atoms with van der Waals surface area (Å²) in [7, 11) is 0. The highest BCUT2D eigenvalue weighted by molar-refractivity contribution is 9.10. The molecular formula is C13H17BrClFN2O. The summed E-state index contributed by atoms with van der Waals surface area (Å²) in [5.41, 5.74) is 5.88. The van der Waals surface area contributed by atoms with Crippen LogP contribution in [0.25, 0.3) is 0 Å². The molecular weight excluding hydrogens is 335 g/mol. The van der Waals surface area contributed by atoms with Crippen molar-refractivity contribution in [1.82, 2.24) is 5.32 Å². The van der Waals surface area contributed by atoms with E-state index in [1.807, 2.05) is 0 Å². The van der Waals surface area contributed by atoms with E-state index in [2.05, 4.69) is 21.2 Å². The largest absolute Gasteiger partial charge is 0.349 e. The molecule has 3 N–H and O–H groups in total. The predicted octanol–water partition coefficient (Wildman–Crippen LogP) is 3.01. The van der Waals surface area contributed by atoms with Crippen molar-refractivity contribution in [1.29, 1.82) is 0 Å². The van der Waals surface area contributed by atoms with Crippen LogP contribution in [0.5, 0.6) is 0 Å². The molecule has 0 atom stereocenters. The molecule has 1 aliphatic carbocycles. The lowest BCUT2D eigenvalue weighted by atomic mass is 9.91. The summed E-state index contributed by atoms with van der Waals surface area (Å²) >= 11 is 3.20. The molecule has 1 saturated carbocycles. The Morgan fingerprint density at radius 3 is 2.53 bits per heavy atom. The molecule has 1 aromatic carbocycles. The number of hydrogen-bond acceptors (Lipinski definition) is 2. The van der Waals surface area contributed by atoms with Gasteiger partial charge in [0.1, 0.15) is 5.82 Å². The first-order chi connectivity index (χ1) is 8.58. The number of carbonyl (C=O) groups is 1. The number of carbonyl (C=O) groups excluding carboxylic acids is 1. The van der Waals surface area contributed by atoms with Crippen LogP contribution in [0.3, 0.4) is 0 Å². The maximum absolute atomic E-state index is 13.6. The summed E-state index contributed by atoms with van der Waals surface area (Å²) in [5.74, 6) is -0.866. The van der Waals surface area contributed by atoms with Crippen LogP contribution in [0.4, 0.5) is 4.39 Å². The van der Waals surface area contributed by atoms with E-state index in [4.69, 9.17) is 5.73 Å². The standard InChI is InChI=1S/C13H16BrFN2O.ClH/c14-10-2-1-3-11(15)12(10)13(18)17-9-6-4-8(16)5-7-9;/h1-3,8-9H,4-7,16H2,(H,17,18);1H. The van der Waals surface area contributed by atoms with Crippen LogP contribution >= 0.6 is 28.3 Å². The fourth-order valence-corrected chi connectivity index (χ4v) is 2.76. The molecule has 0 unspecified atom stereocenters. The minimum Gasteiger partial charge on any atom is -0.349 e. The quantitative estimate of drug-likeness (QED) is 0.860. The van der Waals surface area contributed by atoms with Gasteiger partial charge in [-0.15, -0.1) is 12.4 Å². The molecule has 0 heterocycles. The minimum atomic E-state index is -0.505. The van der Waals surface area contributed by atoms with Gasteiger partial charge in [-0.05, 0) is 53.7 Å². The predicted molar refractivity (Wildman–Crippen MR) is 79.0 cm³/mol. The van der Waals surface area contributed by atoms with Crippen molar-refractivity contribution in [2.75, 3.05) is 0 Å². The molecule has 3 nitrogen and oxygen atoms in total. The Balaban J connectivity index is 0.00000180. The van der Waals surface area contributed by atoms with Gasteiger partial charge in [0.25, 0.3) is 5.91 Å². The van der Waals surface area contributed by atoms with Crippen molar-refractivity contribution >= 4 is 34.2 Å². The normalized spacial score (nSPS) is 22.5. The number of rotatable bonds is 2. The molecule has 0 aliphatic heterocycles. The van der Waals surface area contributed by atoms with E-state index >= 15 is 0 Å². The molecule has 2 rings (SSSR count). The summed E-state index contributed by atoms with van der Waals surface area (Å²) in [6, 6.07) is 4.85. The first kappa shape index (κ1) is 16.4. The lowest BCUT2D eigenvalue weighted by molar-refractivity contribution is 0.0921. The smallest absolute Gasteiger partial charge is 0.255 e. The van der Waals surface area contributed by atoms with Gasteiger partial charge in [-0.2, -0.15) is 0 Å². The maximum Gasteiger partial charge on any atom is 0.255 e. The zero-order valence-electron chi connectivity index (χ0n) is 10.4. The highest BCUT2D eigenvalue weighted by atomic mass is 79.9. The molecule has 0 aromatic heterocycles. The SMILES string of the molecule is Cl.NC1CCC(NC(=O)c2c(F)cccc2Br)CC1. The summed E-state index contributed by atoms with van der Waals surface area (Å²) in [4.78, 5) is 12.0. The van der Waals surface area contributed by atoms with Crippen LogP contribution in [-0.4, -0.2) is 18.0 Å². The maximum atomic E-state index is 13.6. The van der Waals surface area contributed by atoms with E-state index in [0.29, 0.717) is 4.47 Å². The Morgan fingerprint density at radius 1 is 1.32 bits per heavy atom. The molecule has 0 radical (unpaired) electrons. The topological polar surface area (TPSA) is 55.1 Å². The first-order valence-corrected chi connectivity index (χ1v) is 6.87. The molecule has 1 amide bonds. The first-order valence-electron chi connectivity index (χ1n) is 6.08. The number of nitrogens with one attached hydrogen (secondary N) is 1. The zero-order chi connectivity index (χ0) is 13.1. The van der Waals surface area contributed by atoms with Crippen molar-refractivity contribution in [3.63, 3.8) is 0 Å². The molecule has 0 bridgehead atoms. The molecule has 0 saturated heterocycles. The average molecular weight is 352 g/mol. The van der Waals surface area contributed by atoms with Crippen molar-refractivity contribution < 1.29 is 9.18 Å². The number of hydrogen-bond donors (Lipinski definition) is 2. The Labute approximate surface area is 126 Å². The van der Waals surface area contributed by atoms with Gasteiger partial charge in [-0.1, -0.05) is 6.07 Å². The van der Waals surface area contributed by atoms with Gasteiger partial charge in [0.05, 0.1) is 5.56 Å². The van der Waals surface area contributed by atoms with Crippen LogP contribution in [0.2, 0.25) is 0 Å². The van der Waals surface area contributed by atoms with E-state index in [1.54, 1.807) is 12.1 Å². The third kappa shape index (κ3) is 4.16. The van der Waals surface area contributed by atoms with Gasteiger partial charge in [-0.25, -0.2) is 4.39 Å². The van der Waals surface area contributed by atoms with Crippen LogP contribution in [-0.2, 0) is 0 Å². The number of halogens is 3. The van der Waals surface area contributed by atoms with Crippen LogP contribution < -0.4 is 11.1 Å². The highest BCUT2D eigenvalue weighted by Crippen LogP contribution is 2.21. The van der Waals surface area contributed by atoms with E-state index in [-0.39, 0.29) is 36.0 Å². The number of nitrogens with two attached hydrogens (primary N) is 1. The lowest BCUT2D eigenvalue weighted by Gasteiger charge is -2.27. The second kappa shape index (κ2) is 7.22. The van der Waals surface area contributed by atoms with E-state index in [9.17, 15) is 9.18 Å². The highest BCUT2D eigenvalue weighted by Gasteiger charge is 2.22. The van der Waals surface area contributed by atoms with Crippen LogP contribution in [0, 0.1) is 5.82 Å². The Bertz CT molecular complexity index is 430. The van der Waals surface area contributed by atoms with E-state index < -0.39 is 5.82 Å². The fourth-order valence-electron chi connectivity index (χ4n) is 2.24. The zero-order valence-corrected chi connectivity index (χ0v) is 12.8. The minimum absolute atomic E-state index is 0. The van der Waals surface area contributed by atoms with Crippen molar-refractivity contribution in [3.05, 3.63) is 34.1 Å². The van der Waals surface area contributed by atoms with Gasteiger partial charge in [0, 0.05) is 16.6 Å². The van der Waals surface area contributed by atoms with Crippen molar-refractivity contribution in [3.8, 4) is 0 Å². The lowest BCUT2D eigenvalue weighted by Crippen LogP contribution is -2.40. The number of benzene rings is 1. The summed E-state index contributed by atoms with van der Waals surface area (Å²) in [5, 5.41) is 2.87. The van der Waals surface area contributed by atoms with E-state index in [0.717, 1.165) is 25.7 Å². The summed E-state index contributed by atoms with van der Waals surface area (Å²) < 4.78 is 14.1. The molecule has 19 heavy (non-hydrogen) atoms. The van der Waals surface area contributed by atoms with E-state index in [1.165, 1.54) is 6.07 Å². The van der Waals surface area contributed by atoms with Crippen molar-refractivity contribution in [2.24, 2.45) is 5.73 Å². The number of amides is 1. The molecule has 6 heteroatoms.